The van der Waals surface area contributed by atoms with Crippen LogP contribution in [-0.2, 0) is 14.6 Å². The molecule has 1 saturated carbocycles. The number of nitrogens with zero attached hydrogens (tertiary/aromatic N) is 1. The van der Waals surface area contributed by atoms with Crippen LogP contribution in [0.25, 0.3) is 0 Å². The molecule has 1 aliphatic carbocycles. The maximum Gasteiger partial charge on any atom is 0.226 e. The summed E-state index contributed by atoms with van der Waals surface area (Å²) in [6.07, 6.45) is 2.43. The van der Waals surface area contributed by atoms with Gasteiger partial charge in [-0.15, -0.1) is 12.4 Å². The lowest BCUT2D eigenvalue weighted by Crippen LogP contribution is -2.45. The molecule has 0 aromatic heterocycles. The number of hydrogen-bond donors (Lipinski definition) is 1. The third kappa shape index (κ3) is 5.22. The van der Waals surface area contributed by atoms with E-state index >= 15 is 0 Å². The van der Waals surface area contributed by atoms with E-state index in [9.17, 15) is 13.2 Å². The highest BCUT2D eigenvalue weighted by Gasteiger charge is 2.33. The molecule has 1 fully saturated rings. The smallest absolute Gasteiger partial charge is 0.226 e. The van der Waals surface area contributed by atoms with Gasteiger partial charge in [-0.25, -0.2) is 8.42 Å². The van der Waals surface area contributed by atoms with E-state index in [0.29, 0.717) is 6.54 Å². The summed E-state index contributed by atoms with van der Waals surface area (Å²) in [5.41, 5.74) is 5.84. The number of rotatable bonds is 6. The normalized spacial score (nSPS) is 24.0. The maximum absolute atomic E-state index is 12.4. The lowest BCUT2D eigenvalue weighted by atomic mass is 10.1. The van der Waals surface area contributed by atoms with Gasteiger partial charge in [0.2, 0.25) is 5.91 Å². The van der Waals surface area contributed by atoms with Gasteiger partial charge in [-0.3, -0.25) is 4.79 Å². The summed E-state index contributed by atoms with van der Waals surface area (Å²) in [4.78, 5) is 14.1. The minimum atomic E-state index is -3.06. The van der Waals surface area contributed by atoms with E-state index in [2.05, 4.69) is 0 Å². The van der Waals surface area contributed by atoms with Crippen LogP contribution in [0.15, 0.2) is 0 Å². The molecule has 7 heteroatoms. The monoisotopic (exact) mass is 326 g/mol. The fourth-order valence-corrected chi connectivity index (χ4v) is 3.89. The molecule has 0 saturated heterocycles. The van der Waals surface area contributed by atoms with Crippen LogP contribution in [0.2, 0.25) is 0 Å². The molecule has 20 heavy (non-hydrogen) atoms. The molecular weight excluding hydrogens is 300 g/mol. The summed E-state index contributed by atoms with van der Waals surface area (Å²) in [7, 11) is -3.06. The maximum atomic E-state index is 12.4. The van der Waals surface area contributed by atoms with Gasteiger partial charge in [0.15, 0.2) is 9.84 Å². The molecule has 0 aromatic rings. The molecule has 0 aliphatic heterocycles. The summed E-state index contributed by atoms with van der Waals surface area (Å²) in [6.45, 7) is 5.88. The van der Waals surface area contributed by atoms with Gasteiger partial charge in [-0.05, 0) is 33.1 Å². The van der Waals surface area contributed by atoms with Crippen LogP contribution in [0.4, 0.5) is 0 Å². The number of carbonyl (C=O) groups excluding carboxylic acids is 1. The molecule has 3 atom stereocenters. The Hall–Kier alpha value is -0.330. The Balaban J connectivity index is 0.00000361. The van der Waals surface area contributed by atoms with Crippen molar-refractivity contribution in [2.45, 2.75) is 52.1 Å². The van der Waals surface area contributed by atoms with Gasteiger partial charge in [0, 0.05) is 30.3 Å². The quantitative estimate of drug-likeness (QED) is 0.795. The van der Waals surface area contributed by atoms with Gasteiger partial charge in [-0.2, -0.15) is 0 Å². The summed E-state index contributed by atoms with van der Waals surface area (Å²) >= 11 is 0. The van der Waals surface area contributed by atoms with Crippen molar-refractivity contribution in [1.82, 2.24) is 4.90 Å². The summed E-state index contributed by atoms with van der Waals surface area (Å²) < 4.78 is 23.3. The van der Waals surface area contributed by atoms with Crippen LogP contribution in [0.1, 0.15) is 40.0 Å². The van der Waals surface area contributed by atoms with Crippen molar-refractivity contribution in [3.63, 3.8) is 0 Å². The summed E-state index contributed by atoms with van der Waals surface area (Å²) in [5.74, 6) is 0.204. The Labute approximate surface area is 128 Å². The Morgan fingerprint density at radius 2 is 1.95 bits per heavy atom. The van der Waals surface area contributed by atoms with Gasteiger partial charge in [0.1, 0.15) is 0 Å². The summed E-state index contributed by atoms with van der Waals surface area (Å²) in [6, 6.07) is -0.151. The topological polar surface area (TPSA) is 80.5 Å². The first kappa shape index (κ1) is 19.7. The van der Waals surface area contributed by atoms with Crippen molar-refractivity contribution in [2.24, 2.45) is 11.7 Å². The predicted molar refractivity (Wildman–Crippen MR) is 83.7 cm³/mol. The third-order valence-electron chi connectivity index (χ3n) is 3.91. The molecule has 1 aliphatic rings. The molecule has 0 spiro atoms. The minimum absolute atomic E-state index is 0. The van der Waals surface area contributed by atoms with E-state index in [1.807, 2.05) is 13.8 Å². The zero-order valence-electron chi connectivity index (χ0n) is 12.5. The molecule has 5 nitrogen and oxygen atoms in total. The van der Waals surface area contributed by atoms with Gasteiger partial charge in [0.05, 0.1) is 5.75 Å². The van der Waals surface area contributed by atoms with Crippen molar-refractivity contribution in [2.75, 3.05) is 18.1 Å². The Bertz CT molecular complexity index is 414. The number of nitrogens with two attached hydrogens (primary N) is 1. The van der Waals surface area contributed by atoms with Crippen LogP contribution < -0.4 is 5.73 Å². The standard InChI is InChI=1S/C13H26N2O3S.ClH/c1-4-15(10(3)9-19(17,18)5-2)13(16)11-6-7-12(14)8-11;/h10-12H,4-9,14H2,1-3H3;1H. The van der Waals surface area contributed by atoms with Crippen LogP contribution in [0.3, 0.4) is 0 Å². The van der Waals surface area contributed by atoms with Crippen LogP contribution in [0, 0.1) is 5.92 Å². The molecule has 3 unspecified atom stereocenters. The number of carbonyl (C=O) groups is 1. The fourth-order valence-electron chi connectivity index (χ4n) is 2.74. The van der Waals surface area contributed by atoms with Crippen LogP contribution >= 0.6 is 12.4 Å². The van der Waals surface area contributed by atoms with Crippen molar-refractivity contribution in [3.8, 4) is 0 Å². The molecule has 0 bridgehead atoms. The van der Waals surface area contributed by atoms with E-state index in [0.717, 1.165) is 19.3 Å². The number of amides is 1. The van der Waals surface area contributed by atoms with Crippen LogP contribution in [-0.4, -0.2) is 49.4 Å². The fraction of sp³-hybridized carbons (Fsp3) is 0.923. The van der Waals surface area contributed by atoms with Crippen molar-refractivity contribution in [1.29, 1.82) is 0 Å². The zero-order valence-corrected chi connectivity index (χ0v) is 14.2. The Morgan fingerprint density at radius 3 is 2.35 bits per heavy atom. The molecule has 120 valence electrons. The number of sulfone groups is 1. The van der Waals surface area contributed by atoms with E-state index < -0.39 is 9.84 Å². The molecule has 0 radical (unpaired) electrons. The molecule has 2 N–H and O–H groups in total. The second-order valence-electron chi connectivity index (χ2n) is 5.44. The van der Waals surface area contributed by atoms with Crippen LogP contribution in [0.5, 0.6) is 0 Å². The third-order valence-corrected chi connectivity index (χ3v) is 5.78. The Morgan fingerprint density at radius 1 is 1.35 bits per heavy atom. The van der Waals surface area contributed by atoms with E-state index in [1.54, 1.807) is 11.8 Å². The zero-order chi connectivity index (χ0) is 14.6. The average molecular weight is 327 g/mol. The van der Waals surface area contributed by atoms with Gasteiger partial charge in [0.25, 0.3) is 0 Å². The highest BCUT2D eigenvalue weighted by Crippen LogP contribution is 2.26. The van der Waals surface area contributed by atoms with E-state index in [-0.39, 0.29) is 47.8 Å². The molecular formula is C13H27ClN2O3S. The Kier molecular flexibility index (Phi) is 8.06. The highest BCUT2D eigenvalue weighted by molar-refractivity contribution is 7.91. The molecule has 0 aromatic carbocycles. The lowest BCUT2D eigenvalue weighted by Gasteiger charge is -2.30. The average Bonchev–Trinajstić information content (AvgIpc) is 2.76. The van der Waals surface area contributed by atoms with Crippen molar-refractivity contribution in [3.05, 3.63) is 0 Å². The van der Waals surface area contributed by atoms with Crippen molar-refractivity contribution < 1.29 is 13.2 Å². The minimum Gasteiger partial charge on any atom is -0.339 e. The first-order chi connectivity index (χ1) is 8.80. The van der Waals surface area contributed by atoms with Crippen molar-refractivity contribution >= 4 is 28.2 Å². The van der Waals surface area contributed by atoms with Gasteiger partial charge < -0.3 is 10.6 Å². The molecule has 1 amide bonds. The second kappa shape index (κ2) is 8.20. The number of hydrogen-bond acceptors (Lipinski definition) is 4. The number of halogens is 1. The van der Waals surface area contributed by atoms with E-state index in [4.69, 9.17) is 5.73 Å². The predicted octanol–water partition coefficient (Wildman–Crippen LogP) is 1.21. The first-order valence-electron chi connectivity index (χ1n) is 7.07. The molecule has 0 heterocycles. The molecule has 1 rings (SSSR count). The SMILES string of the molecule is CCN(C(=O)C1CCC(N)C1)C(C)CS(=O)(=O)CC.Cl. The lowest BCUT2D eigenvalue weighted by molar-refractivity contribution is -0.136. The van der Waals surface area contributed by atoms with E-state index in [1.165, 1.54) is 0 Å². The van der Waals surface area contributed by atoms with Gasteiger partial charge >= 0.3 is 0 Å². The van der Waals surface area contributed by atoms with Gasteiger partial charge in [-0.1, -0.05) is 6.92 Å². The largest absolute Gasteiger partial charge is 0.339 e. The second-order valence-corrected chi connectivity index (χ2v) is 7.84. The first-order valence-corrected chi connectivity index (χ1v) is 8.89. The summed E-state index contributed by atoms with van der Waals surface area (Å²) in [5, 5.41) is 0. The highest BCUT2D eigenvalue weighted by atomic mass is 35.5.